The van der Waals surface area contributed by atoms with Gasteiger partial charge in [0.05, 0.1) is 5.41 Å². The Hall–Kier alpha value is -2.18. The number of carboxylic acid groups (broad SMARTS) is 1. The highest BCUT2D eigenvalue weighted by Gasteiger charge is 2.42. The number of aliphatic carboxylic acids is 1. The molecule has 1 aromatic heterocycles. The second-order valence-corrected chi connectivity index (χ2v) is 4.96. The number of aryl methyl sites for hydroxylation is 1. The van der Waals surface area contributed by atoms with Crippen LogP contribution in [-0.2, 0) is 4.79 Å². The summed E-state index contributed by atoms with van der Waals surface area (Å²) in [7, 11) is 0. The zero-order valence-electron chi connectivity index (χ0n) is 10.9. The number of amides is 2. The maximum atomic E-state index is 12.0. The Morgan fingerprint density at radius 3 is 2.84 bits per heavy atom. The number of hydrogen-bond acceptors (Lipinski definition) is 4. The lowest BCUT2D eigenvalue weighted by atomic mass is 9.90. The van der Waals surface area contributed by atoms with Crippen LogP contribution in [0.15, 0.2) is 12.3 Å². The van der Waals surface area contributed by atoms with Crippen LogP contribution in [0.1, 0.15) is 19.2 Å². The second kappa shape index (κ2) is 4.83. The second-order valence-electron chi connectivity index (χ2n) is 4.96. The predicted molar refractivity (Wildman–Crippen MR) is 67.7 cm³/mol. The minimum absolute atomic E-state index is 0.207. The summed E-state index contributed by atoms with van der Waals surface area (Å²) in [4.78, 5) is 32.6. The van der Waals surface area contributed by atoms with Crippen molar-refractivity contribution in [3.63, 3.8) is 0 Å². The fourth-order valence-corrected chi connectivity index (χ4v) is 2.02. The number of anilines is 1. The van der Waals surface area contributed by atoms with E-state index in [0.29, 0.717) is 24.6 Å². The van der Waals surface area contributed by atoms with Crippen molar-refractivity contribution in [2.24, 2.45) is 5.41 Å². The number of likely N-dealkylation sites (tertiary alicyclic amines) is 1. The van der Waals surface area contributed by atoms with Crippen molar-refractivity contribution in [1.82, 2.24) is 14.9 Å². The van der Waals surface area contributed by atoms with Crippen molar-refractivity contribution >= 4 is 17.8 Å². The van der Waals surface area contributed by atoms with Gasteiger partial charge in [0.2, 0.25) is 0 Å². The Labute approximate surface area is 110 Å². The highest BCUT2D eigenvalue weighted by Crippen LogP contribution is 2.30. The Bertz CT molecular complexity index is 519. The van der Waals surface area contributed by atoms with Gasteiger partial charge < -0.3 is 10.0 Å². The van der Waals surface area contributed by atoms with E-state index in [4.69, 9.17) is 5.11 Å². The molecule has 19 heavy (non-hydrogen) atoms. The molecule has 0 aromatic carbocycles. The van der Waals surface area contributed by atoms with Crippen LogP contribution in [0.3, 0.4) is 0 Å². The summed E-state index contributed by atoms with van der Waals surface area (Å²) in [6.07, 6.45) is 2.02. The van der Waals surface area contributed by atoms with Gasteiger partial charge in [-0.3, -0.25) is 10.1 Å². The zero-order valence-corrected chi connectivity index (χ0v) is 10.9. The van der Waals surface area contributed by atoms with E-state index in [-0.39, 0.29) is 12.6 Å². The predicted octanol–water partition coefficient (Wildman–Crippen LogP) is 1.11. The monoisotopic (exact) mass is 264 g/mol. The molecule has 0 bridgehead atoms. The molecule has 0 unspecified atom stereocenters. The maximum Gasteiger partial charge on any atom is 0.323 e. The van der Waals surface area contributed by atoms with Crippen LogP contribution in [0.2, 0.25) is 0 Å². The molecule has 102 valence electrons. The summed E-state index contributed by atoms with van der Waals surface area (Å²) in [5.74, 6) is 0.108. The number of rotatable bonds is 2. The van der Waals surface area contributed by atoms with E-state index >= 15 is 0 Å². The molecule has 2 N–H and O–H groups in total. The molecule has 7 heteroatoms. The number of carbonyl (C=O) groups is 2. The first kappa shape index (κ1) is 13.3. The molecule has 1 aliphatic rings. The van der Waals surface area contributed by atoms with Gasteiger partial charge in [0.25, 0.3) is 0 Å². The molecule has 0 aliphatic carbocycles. The van der Waals surface area contributed by atoms with Gasteiger partial charge in [-0.2, -0.15) is 0 Å². The molecule has 1 fully saturated rings. The van der Waals surface area contributed by atoms with Crippen molar-refractivity contribution in [3.05, 3.63) is 18.1 Å². The standard InChI is InChI=1S/C12H16N4O3/c1-8-13-5-3-9(14-8)15-11(19)16-6-4-12(2,7-16)10(17)18/h3,5H,4,6-7H2,1-2H3,(H,17,18)(H,13,14,15,19)/t12-/m1/s1. The summed E-state index contributed by atoms with van der Waals surface area (Å²) in [6.45, 7) is 4.02. The topological polar surface area (TPSA) is 95.4 Å². The fraction of sp³-hybridized carbons (Fsp3) is 0.500. The lowest BCUT2D eigenvalue weighted by molar-refractivity contribution is -0.146. The number of hydrogen-bond donors (Lipinski definition) is 2. The molecule has 1 saturated heterocycles. The number of carbonyl (C=O) groups excluding carboxylic acids is 1. The molecule has 0 spiro atoms. The first-order valence-electron chi connectivity index (χ1n) is 6.00. The van der Waals surface area contributed by atoms with Gasteiger partial charge in [-0.1, -0.05) is 0 Å². The van der Waals surface area contributed by atoms with Gasteiger partial charge in [0.1, 0.15) is 11.6 Å². The minimum atomic E-state index is -0.874. The molecule has 2 heterocycles. The highest BCUT2D eigenvalue weighted by molar-refractivity contribution is 5.89. The number of aromatic nitrogens is 2. The van der Waals surface area contributed by atoms with Crippen LogP contribution in [-0.4, -0.2) is 45.1 Å². The molecule has 0 saturated carbocycles. The van der Waals surface area contributed by atoms with E-state index in [0.717, 1.165) is 0 Å². The summed E-state index contributed by atoms with van der Waals surface area (Å²) >= 11 is 0. The normalized spacial score (nSPS) is 22.3. The molecular formula is C12H16N4O3. The van der Waals surface area contributed by atoms with E-state index in [9.17, 15) is 9.59 Å². The largest absolute Gasteiger partial charge is 0.481 e. The molecule has 1 atom stereocenters. The maximum absolute atomic E-state index is 12.0. The average molecular weight is 264 g/mol. The zero-order chi connectivity index (χ0) is 14.0. The van der Waals surface area contributed by atoms with Crippen LogP contribution < -0.4 is 5.32 Å². The third-order valence-electron chi connectivity index (χ3n) is 3.29. The van der Waals surface area contributed by atoms with E-state index in [1.807, 2.05) is 0 Å². The molecule has 2 rings (SSSR count). The quantitative estimate of drug-likeness (QED) is 0.834. The van der Waals surface area contributed by atoms with Gasteiger partial charge in [0, 0.05) is 19.3 Å². The summed E-state index contributed by atoms with van der Waals surface area (Å²) in [6, 6.07) is 1.26. The van der Waals surface area contributed by atoms with Crippen LogP contribution >= 0.6 is 0 Å². The molecule has 0 radical (unpaired) electrons. The molecule has 7 nitrogen and oxygen atoms in total. The van der Waals surface area contributed by atoms with E-state index in [1.54, 1.807) is 26.1 Å². The SMILES string of the molecule is Cc1nccc(NC(=O)N2CC[C@@](C)(C(=O)O)C2)n1. The molecule has 2 amide bonds. The smallest absolute Gasteiger partial charge is 0.323 e. The van der Waals surface area contributed by atoms with Crippen molar-refractivity contribution < 1.29 is 14.7 Å². The molecule has 1 aromatic rings. The third kappa shape index (κ3) is 2.81. The lowest BCUT2D eigenvalue weighted by Crippen LogP contribution is -2.37. The minimum Gasteiger partial charge on any atom is -0.481 e. The van der Waals surface area contributed by atoms with Gasteiger partial charge in [-0.15, -0.1) is 0 Å². The Morgan fingerprint density at radius 1 is 1.53 bits per heavy atom. The summed E-state index contributed by atoms with van der Waals surface area (Å²) in [5, 5.41) is 11.8. The van der Waals surface area contributed by atoms with E-state index < -0.39 is 11.4 Å². The number of carboxylic acids is 1. The fourth-order valence-electron chi connectivity index (χ4n) is 2.02. The van der Waals surface area contributed by atoms with Gasteiger partial charge in [-0.05, 0) is 26.3 Å². The Morgan fingerprint density at radius 2 is 2.26 bits per heavy atom. The summed E-state index contributed by atoms with van der Waals surface area (Å²) < 4.78 is 0. The number of urea groups is 1. The van der Waals surface area contributed by atoms with Crippen molar-refractivity contribution in [2.75, 3.05) is 18.4 Å². The summed E-state index contributed by atoms with van der Waals surface area (Å²) in [5.41, 5.74) is -0.862. The van der Waals surface area contributed by atoms with Crippen LogP contribution in [0.5, 0.6) is 0 Å². The van der Waals surface area contributed by atoms with Gasteiger partial charge >= 0.3 is 12.0 Å². The third-order valence-corrected chi connectivity index (χ3v) is 3.29. The van der Waals surface area contributed by atoms with Gasteiger partial charge in [-0.25, -0.2) is 14.8 Å². The first-order valence-corrected chi connectivity index (χ1v) is 6.00. The van der Waals surface area contributed by atoms with Crippen molar-refractivity contribution in [2.45, 2.75) is 20.3 Å². The molecule has 1 aliphatic heterocycles. The van der Waals surface area contributed by atoms with Crippen LogP contribution in [0.4, 0.5) is 10.6 Å². The molecular weight excluding hydrogens is 248 g/mol. The van der Waals surface area contributed by atoms with E-state index in [2.05, 4.69) is 15.3 Å². The number of nitrogens with one attached hydrogen (secondary N) is 1. The lowest BCUT2D eigenvalue weighted by Gasteiger charge is -2.20. The van der Waals surface area contributed by atoms with Crippen LogP contribution in [0.25, 0.3) is 0 Å². The van der Waals surface area contributed by atoms with Crippen LogP contribution in [0, 0.1) is 12.3 Å². The van der Waals surface area contributed by atoms with E-state index in [1.165, 1.54) is 4.90 Å². The average Bonchev–Trinajstić information content (AvgIpc) is 2.73. The Balaban J connectivity index is 2.01. The Kier molecular flexibility index (Phi) is 3.37. The highest BCUT2D eigenvalue weighted by atomic mass is 16.4. The van der Waals surface area contributed by atoms with Gasteiger partial charge in [0.15, 0.2) is 0 Å². The first-order chi connectivity index (χ1) is 8.90. The van der Waals surface area contributed by atoms with Crippen molar-refractivity contribution in [3.8, 4) is 0 Å². The number of nitrogens with zero attached hydrogens (tertiary/aromatic N) is 3. The van der Waals surface area contributed by atoms with Crippen molar-refractivity contribution in [1.29, 1.82) is 0 Å².